The molecule has 2 rings (SSSR count). The van der Waals surface area contributed by atoms with Crippen LogP contribution < -0.4 is 10.5 Å². The van der Waals surface area contributed by atoms with E-state index in [0.717, 1.165) is 12.4 Å². The van der Waals surface area contributed by atoms with Crippen LogP contribution in [0.15, 0.2) is 35.5 Å². The number of nitrogens with one attached hydrogen (secondary N) is 1. The summed E-state index contributed by atoms with van der Waals surface area (Å²) in [6, 6.07) is 4.40. The van der Waals surface area contributed by atoms with Crippen LogP contribution in [0.2, 0.25) is 5.28 Å². The first-order valence-corrected chi connectivity index (χ1v) is 7.56. The molecule has 0 aliphatic carbocycles. The number of nitrogens with zero attached hydrogens (tertiary/aromatic N) is 2. The summed E-state index contributed by atoms with van der Waals surface area (Å²) < 4.78 is 26.7. The highest BCUT2D eigenvalue weighted by molar-refractivity contribution is 7.92. The Morgan fingerprint density at radius 2 is 1.90 bits per heavy atom. The van der Waals surface area contributed by atoms with Crippen molar-refractivity contribution in [2.24, 2.45) is 5.73 Å². The Labute approximate surface area is 126 Å². The van der Waals surface area contributed by atoms with E-state index in [2.05, 4.69) is 14.7 Å². The predicted molar refractivity (Wildman–Crippen MR) is 77.5 cm³/mol. The van der Waals surface area contributed by atoms with Crippen molar-refractivity contribution in [1.29, 1.82) is 0 Å². The van der Waals surface area contributed by atoms with Crippen molar-refractivity contribution in [3.05, 3.63) is 47.0 Å². The molecule has 21 heavy (non-hydrogen) atoms. The molecule has 1 aromatic heterocycles. The Bertz CT molecular complexity index is 791. The average molecular weight is 327 g/mol. The van der Waals surface area contributed by atoms with Gasteiger partial charge in [0.15, 0.2) is 0 Å². The molecule has 3 N–H and O–H groups in total. The SMILES string of the molecule is Cc1cc(C(N)=O)ccc1NS(=O)(=O)c1cnc(Cl)nc1. The summed E-state index contributed by atoms with van der Waals surface area (Å²) in [5.74, 6) is -0.585. The number of halogens is 1. The lowest BCUT2D eigenvalue weighted by molar-refractivity contribution is 0.1000. The molecular weight excluding hydrogens is 316 g/mol. The Kier molecular flexibility index (Phi) is 4.10. The van der Waals surface area contributed by atoms with Crippen LogP contribution in [0.5, 0.6) is 0 Å². The lowest BCUT2D eigenvalue weighted by Crippen LogP contribution is -2.15. The van der Waals surface area contributed by atoms with E-state index >= 15 is 0 Å². The van der Waals surface area contributed by atoms with E-state index < -0.39 is 15.9 Å². The van der Waals surface area contributed by atoms with Crippen LogP contribution in [0.3, 0.4) is 0 Å². The highest BCUT2D eigenvalue weighted by atomic mass is 35.5. The molecule has 0 spiro atoms. The number of carbonyl (C=O) groups excluding carboxylic acids is 1. The van der Waals surface area contributed by atoms with Crippen LogP contribution in [-0.2, 0) is 10.0 Å². The van der Waals surface area contributed by atoms with Crippen molar-refractivity contribution in [1.82, 2.24) is 9.97 Å². The largest absolute Gasteiger partial charge is 0.366 e. The number of primary amides is 1. The summed E-state index contributed by atoms with van der Waals surface area (Å²) in [5.41, 5.74) is 6.34. The minimum Gasteiger partial charge on any atom is -0.366 e. The Balaban J connectivity index is 2.32. The van der Waals surface area contributed by atoms with Gasteiger partial charge >= 0.3 is 0 Å². The molecule has 1 amide bonds. The smallest absolute Gasteiger partial charge is 0.264 e. The Hall–Kier alpha value is -2.19. The van der Waals surface area contributed by atoms with Crippen LogP contribution in [0.25, 0.3) is 0 Å². The normalized spacial score (nSPS) is 11.1. The first-order valence-electron chi connectivity index (χ1n) is 5.70. The van der Waals surface area contributed by atoms with Gasteiger partial charge in [0, 0.05) is 5.56 Å². The minimum absolute atomic E-state index is 0.0454. The standard InChI is InChI=1S/C12H11ClN4O3S/c1-7-4-8(11(14)18)2-3-10(7)17-21(19,20)9-5-15-12(13)16-6-9/h2-6,17H,1H3,(H2,14,18). The van der Waals surface area contributed by atoms with Gasteiger partial charge in [-0.1, -0.05) is 0 Å². The molecular formula is C12H11ClN4O3S. The van der Waals surface area contributed by atoms with E-state index in [0.29, 0.717) is 16.8 Å². The maximum Gasteiger partial charge on any atom is 0.264 e. The zero-order valence-electron chi connectivity index (χ0n) is 10.9. The van der Waals surface area contributed by atoms with Crippen LogP contribution in [0.4, 0.5) is 5.69 Å². The number of benzene rings is 1. The summed E-state index contributed by atoms with van der Waals surface area (Å²) >= 11 is 5.51. The van der Waals surface area contributed by atoms with E-state index in [1.807, 2.05) is 0 Å². The second-order valence-corrected chi connectivity index (χ2v) is 6.21. The number of carbonyl (C=O) groups is 1. The third-order valence-corrected chi connectivity index (χ3v) is 4.18. The van der Waals surface area contributed by atoms with Crippen LogP contribution >= 0.6 is 11.6 Å². The number of anilines is 1. The number of hydrogen-bond donors (Lipinski definition) is 2. The molecule has 7 nitrogen and oxygen atoms in total. The first-order chi connectivity index (χ1) is 9.79. The number of hydrogen-bond acceptors (Lipinski definition) is 5. The molecule has 0 aliphatic rings. The van der Waals surface area contributed by atoms with Gasteiger partial charge < -0.3 is 5.73 Å². The summed E-state index contributed by atoms with van der Waals surface area (Å²) in [4.78, 5) is 18.2. The predicted octanol–water partition coefficient (Wildman–Crippen LogP) is 1.34. The Morgan fingerprint density at radius 3 is 2.43 bits per heavy atom. The van der Waals surface area contributed by atoms with Gasteiger partial charge in [-0.25, -0.2) is 18.4 Å². The molecule has 1 aromatic carbocycles. The monoisotopic (exact) mass is 326 g/mol. The van der Waals surface area contributed by atoms with Gasteiger partial charge in [-0.15, -0.1) is 0 Å². The number of aromatic nitrogens is 2. The quantitative estimate of drug-likeness (QED) is 0.822. The lowest BCUT2D eigenvalue weighted by Gasteiger charge is -2.10. The molecule has 0 aliphatic heterocycles. The highest BCUT2D eigenvalue weighted by Gasteiger charge is 2.16. The zero-order valence-corrected chi connectivity index (χ0v) is 12.4. The molecule has 0 fully saturated rings. The number of sulfonamides is 1. The van der Waals surface area contributed by atoms with E-state index in [9.17, 15) is 13.2 Å². The maximum absolute atomic E-state index is 12.2. The van der Waals surface area contributed by atoms with Crippen LogP contribution in [0.1, 0.15) is 15.9 Å². The second kappa shape index (κ2) is 5.66. The van der Waals surface area contributed by atoms with Crippen molar-refractivity contribution in [2.75, 3.05) is 4.72 Å². The molecule has 0 bridgehead atoms. The molecule has 0 saturated heterocycles. The van der Waals surface area contributed by atoms with Crippen molar-refractivity contribution in [2.45, 2.75) is 11.8 Å². The molecule has 1 heterocycles. The van der Waals surface area contributed by atoms with Gasteiger partial charge in [0.2, 0.25) is 11.2 Å². The molecule has 0 radical (unpaired) electrons. The number of rotatable bonds is 4. The summed E-state index contributed by atoms with van der Waals surface area (Å²) in [6.45, 7) is 1.66. The number of amides is 1. The Morgan fingerprint density at radius 1 is 1.29 bits per heavy atom. The third-order valence-electron chi connectivity index (χ3n) is 2.66. The van der Waals surface area contributed by atoms with Gasteiger partial charge in [0.1, 0.15) is 4.90 Å². The first kappa shape index (κ1) is 15.2. The van der Waals surface area contributed by atoms with Gasteiger partial charge in [-0.3, -0.25) is 9.52 Å². The lowest BCUT2D eigenvalue weighted by atomic mass is 10.1. The fourth-order valence-electron chi connectivity index (χ4n) is 1.57. The maximum atomic E-state index is 12.2. The van der Waals surface area contributed by atoms with Crippen LogP contribution in [0, 0.1) is 6.92 Å². The molecule has 2 aromatic rings. The van der Waals surface area contributed by atoms with Crippen molar-refractivity contribution in [3.63, 3.8) is 0 Å². The van der Waals surface area contributed by atoms with Gasteiger partial charge in [0.25, 0.3) is 10.0 Å². The summed E-state index contributed by atoms with van der Waals surface area (Å²) in [5, 5.41) is -0.0454. The fourth-order valence-corrected chi connectivity index (χ4v) is 2.69. The second-order valence-electron chi connectivity index (χ2n) is 4.19. The highest BCUT2D eigenvalue weighted by Crippen LogP contribution is 2.20. The molecule has 110 valence electrons. The van der Waals surface area contributed by atoms with E-state index in [1.165, 1.54) is 18.2 Å². The number of aryl methyl sites for hydroxylation is 1. The molecule has 0 saturated carbocycles. The van der Waals surface area contributed by atoms with Crippen LogP contribution in [-0.4, -0.2) is 24.3 Å². The van der Waals surface area contributed by atoms with Crippen molar-refractivity contribution < 1.29 is 13.2 Å². The number of nitrogens with two attached hydrogens (primary N) is 1. The average Bonchev–Trinajstić information content (AvgIpc) is 2.41. The van der Waals surface area contributed by atoms with E-state index in [-0.39, 0.29) is 10.2 Å². The minimum atomic E-state index is -3.84. The van der Waals surface area contributed by atoms with Gasteiger partial charge in [-0.05, 0) is 42.3 Å². The van der Waals surface area contributed by atoms with E-state index in [4.69, 9.17) is 17.3 Å². The van der Waals surface area contributed by atoms with Gasteiger partial charge in [0.05, 0.1) is 18.1 Å². The third kappa shape index (κ3) is 3.47. The summed E-state index contributed by atoms with van der Waals surface area (Å²) in [7, 11) is -3.84. The van der Waals surface area contributed by atoms with Crippen molar-refractivity contribution in [3.8, 4) is 0 Å². The molecule has 9 heteroatoms. The zero-order chi connectivity index (χ0) is 15.6. The van der Waals surface area contributed by atoms with E-state index in [1.54, 1.807) is 6.92 Å². The fraction of sp³-hybridized carbons (Fsp3) is 0.0833. The van der Waals surface area contributed by atoms with Crippen molar-refractivity contribution >= 4 is 33.2 Å². The summed E-state index contributed by atoms with van der Waals surface area (Å²) in [6.07, 6.45) is 2.20. The molecule has 0 atom stereocenters. The van der Waals surface area contributed by atoms with Gasteiger partial charge in [-0.2, -0.15) is 0 Å². The molecule has 0 unspecified atom stereocenters. The topological polar surface area (TPSA) is 115 Å².